The van der Waals surface area contributed by atoms with Crippen molar-refractivity contribution in [3.63, 3.8) is 0 Å². The van der Waals surface area contributed by atoms with E-state index in [0.717, 1.165) is 12.1 Å². The summed E-state index contributed by atoms with van der Waals surface area (Å²) in [6.45, 7) is 0.704. The van der Waals surface area contributed by atoms with Crippen LogP contribution in [0.1, 0.15) is 56.6 Å². The van der Waals surface area contributed by atoms with Crippen molar-refractivity contribution in [2.24, 2.45) is 0 Å². The summed E-state index contributed by atoms with van der Waals surface area (Å²) in [5.74, 6) is -1.49. The molecule has 0 spiro atoms. The van der Waals surface area contributed by atoms with Crippen LogP contribution in [-0.2, 0) is 14.8 Å². The van der Waals surface area contributed by atoms with Gasteiger partial charge in [-0.05, 0) is 80.8 Å². The van der Waals surface area contributed by atoms with E-state index < -0.39 is 56.4 Å². The highest BCUT2D eigenvalue weighted by Gasteiger charge is 2.60. The number of carbonyl (C=O) groups excluding carboxylic acids is 1. The normalized spacial score (nSPS) is 24.6. The quantitative estimate of drug-likeness (QED) is 0.560. The van der Waals surface area contributed by atoms with E-state index in [-0.39, 0.29) is 5.02 Å². The van der Waals surface area contributed by atoms with Gasteiger partial charge in [-0.25, -0.2) is 22.0 Å². The third kappa shape index (κ3) is 5.21. The zero-order valence-electron chi connectivity index (χ0n) is 20.2. The van der Waals surface area contributed by atoms with Gasteiger partial charge in [0.2, 0.25) is 10.0 Å². The van der Waals surface area contributed by atoms with Gasteiger partial charge in [-0.1, -0.05) is 23.7 Å². The number of ether oxygens (including phenoxy) is 1. The first-order valence-corrected chi connectivity index (χ1v) is 14.3. The van der Waals surface area contributed by atoms with E-state index in [2.05, 4.69) is 0 Å². The number of carbonyl (C=O) groups is 1. The molecule has 1 saturated carbocycles. The summed E-state index contributed by atoms with van der Waals surface area (Å²) in [7, 11) is -4.44. The summed E-state index contributed by atoms with van der Waals surface area (Å²) in [6, 6.07) is 7.60. The Balaban J connectivity index is 1.52. The van der Waals surface area contributed by atoms with Gasteiger partial charge in [0.1, 0.15) is 22.1 Å². The summed E-state index contributed by atoms with van der Waals surface area (Å²) in [5, 5.41) is 9.83. The molecule has 2 heterocycles. The number of nitrogens with zero attached hydrogens (tertiary/aromatic N) is 2. The van der Waals surface area contributed by atoms with Gasteiger partial charge in [0.15, 0.2) is 0 Å². The molecule has 1 N–H and O–H groups in total. The van der Waals surface area contributed by atoms with Crippen LogP contribution >= 0.6 is 11.6 Å². The van der Waals surface area contributed by atoms with Crippen molar-refractivity contribution in [3.8, 4) is 0 Å². The number of amides is 1. The molecular formula is C26H29ClF2N2O5S. The average molecular weight is 555 g/mol. The lowest BCUT2D eigenvalue weighted by Crippen LogP contribution is -2.54. The number of piperidine rings is 2. The van der Waals surface area contributed by atoms with Crippen molar-refractivity contribution in [1.29, 1.82) is 0 Å². The highest BCUT2D eigenvalue weighted by molar-refractivity contribution is 7.89. The third-order valence-corrected chi connectivity index (χ3v) is 9.80. The van der Waals surface area contributed by atoms with Crippen molar-refractivity contribution < 1.29 is 31.8 Å². The van der Waals surface area contributed by atoms with Crippen molar-refractivity contribution >= 4 is 27.7 Å². The molecule has 2 aliphatic heterocycles. The van der Waals surface area contributed by atoms with Crippen LogP contribution in [0.25, 0.3) is 0 Å². The highest BCUT2D eigenvalue weighted by atomic mass is 35.5. The molecule has 0 unspecified atom stereocenters. The highest BCUT2D eigenvalue weighted by Crippen LogP contribution is 2.53. The molecule has 1 aliphatic carbocycles. The maximum absolute atomic E-state index is 15.0. The number of rotatable bonds is 5. The van der Waals surface area contributed by atoms with Crippen molar-refractivity contribution in [3.05, 3.63) is 64.7 Å². The first-order valence-electron chi connectivity index (χ1n) is 12.5. The molecule has 200 valence electrons. The molecule has 0 bridgehead atoms. The van der Waals surface area contributed by atoms with Gasteiger partial charge >= 0.3 is 6.09 Å². The van der Waals surface area contributed by atoms with E-state index in [4.69, 9.17) is 16.3 Å². The minimum Gasteiger partial charge on any atom is -0.441 e. The number of sulfonamides is 1. The van der Waals surface area contributed by atoms with Crippen LogP contribution in [0.2, 0.25) is 5.02 Å². The first kappa shape index (κ1) is 26.3. The minimum absolute atomic E-state index is 0.0626. The van der Waals surface area contributed by atoms with E-state index in [9.17, 15) is 27.1 Å². The lowest BCUT2D eigenvalue weighted by Gasteiger charge is -2.45. The topological polar surface area (TPSA) is 87.2 Å². The number of hydrogen-bond acceptors (Lipinski definition) is 5. The molecule has 3 fully saturated rings. The summed E-state index contributed by atoms with van der Waals surface area (Å²) in [4.78, 5) is 14.0. The maximum Gasteiger partial charge on any atom is 0.410 e. The van der Waals surface area contributed by atoms with E-state index in [1.807, 2.05) is 0 Å². The second-order valence-corrected chi connectivity index (χ2v) is 12.3. The van der Waals surface area contributed by atoms with Gasteiger partial charge in [0, 0.05) is 18.1 Å². The molecule has 11 heteroatoms. The van der Waals surface area contributed by atoms with Gasteiger partial charge in [0.05, 0.1) is 18.2 Å². The SMILES string of the molecule is O=C(OC1([C@H]2CCC[C@@H](c3cccc(F)c3)N2S(=O)(=O)c2ccc(Cl)cc2F)CC1)N1CCC(O)CC1. The summed E-state index contributed by atoms with van der Waals surface area (Å²) < 4.78 is 64.5. The Morgan fingerprint density at radius 2 is 1.78 bits per heavy atom. The Bertz CT molecular complexity index is 1280. The van der Waals surface area contributed by atoms with Gasteiger partial charge in [-0.15, -0.1) is 0 Å². The van der Waals surface area contributed by atoms with Gasteiger partial charge in [-0.2, -0.15) is 4.31 Å². The van der Waals surface area contributed by atoms with Crippen LogP contribution in [0.15, 0.2) is 47.4 Å². The van der Waals surface area contributed by atoms with Gasteiger partial charge in [-0.3, -0.25) is 0 Å². The van der Waals surface area contributed by atoms with Crippen LogP contribution in [0.3, 0.4) is 0 Å². The smallest absolute Gasteiger partial charge is 0.410 e. The standard InChI is InChI=1S/C26H29ClF2N2O5S/c27-18-7-8-23(21(29)16-18)37(34,35)31-22(17-3-1-4-19(28)15-17)5-2-6-24(31)26(11-12-26)36-25(33)30-13-9-20(32)10-14-30/h1,3-4,7-8,15-16,20,22,24,32H,2,5-6,9-14H2/t22-,24+/m0/s1. The second kappa shape index (κ2) is 10.1. The number of hydrogen-bond donors (Lipinski definition) is 1. The summed E-state index contributed by atoms with van der Waals surface area (Å²) in [6.07, 6.45) is 2.25. The number of aliphatic hydroxyl groups is 1. The van der Waals surface area contributed by atoms with Crippen molar-refractivity contribution in [1.82, 2.24) is 9.21 Å². The zero-order chi connectivity index (χ0) is 26.4. The van der Waals surface area contributed by atoms with Crippen LogP contribution in [0, 0.1) is 11.6 Å². The molecule has 2 aromatic carbocycles. The summed E-state index contributed by atoms with van der Waals surface area (Å²) in [5.41, 5.74) is -0.607. The Labute approximate surface area is 220 Å². The molecular weight excluding hydrogens is 526 g/mol. The second-order valence-electron chi connectivity index (χ2n) is 10.1. The van der Waals surface area contributed by atoms with Crippen molar-refractivity contribution in [2.45, 2.75) is 73.6 Å². The largest absolute Gasteiger partial charge is 0.441 e. The molecule has 37 heavy (non-hydrogen) atoms. The van der Waals surface area contributed by atoms with Gasteiger partial charge < -0.3 is 14.7 Å². The fraction of sp³-hybridized carbons (Fsp3) is 0.500. The molecule has 0 aromatic heterocycles. The molecule has 3 aliphatic rings. The fourth-order valence-corrected chi connectivity index (χ4v) is 7.67. The number of halogens is 3. The fourth-order valence-electron chi connectivity index (χ4n) is 5.54. The van der Waals surface area contributed by atoms with Crippen molar-refractivity contribution in [2.75, 3.05) is 13.1 Å². The van der Waals surface area contributed by atoms with Gasteiger partial charge in [0.25, 0.3) is 0 Å². The van der Waals surface area contributed by atoms with E-state index in [1.165, 1.54) is 33.5 Å². The van der Waals surface area contributed by atoms with Crippen LogP contribution in [-0.4, -0.2) is 59.7 Å². The minimum atomic E-state index is -4.44. The average Bonchev–Trinajstić information content (AvgIpc) is 3.64. The number of aliphatic hydroxyl groups excluding tert-OH is 1. The first-order chi connectivity index (χ1) is 17.6. The molecule has 7 nitrogen and oxygen atoms in total. The molecule has 2 atom stereocenters. The molecule has 2 aromatic rings. The molecule has 2 saturated heterocycles. The van der Waals surface area contributed by atoms with Crippen LogP contribution < -0.4 is 0 Å². The Morgan fingerprint density at radius 3 is 2.43 bits per heavy atom. The molecule has 5 rings (SSSR count). The predicted molar refractivity (Wildman–Crippen MR) is 132 cm³/mol. The third-order valence-electron chi connectivity index (χ3n) is 7.62. The lowest BCUT2D eigenvalue weighted by molar-refractivity contribution is -0.0160. The monoisotopic (exact) mass is 554 g/mol. The number of benzene rings is 2. The summed E-state index contributed by atoms with van der Waals surface area (Å²) >= 11 is 5.88. The molecule has 1 amide bonds. The predicted octanol–water partition coefficient (Wildman–Crippen LogP) is 5.03. The Morgan fingerprint density at radius 1 is 1.05 bits per heavy atom. The lowest BCUT2D eigenvalue weighted by atomic mass is 9.90. The Hall–Kier alpha value is -2.27. The van der Waals surface area contributed by atoms with Crippen LogP contribution in [0.4, 0.5) is 13.6 Å². The van der Waals surface area contributed by atoms with Crippen LogP contribution in [0.5, 0.6) is 0 Å². The maximum atomic E-state index is 15.0. The molecule has 0 radical (unpaired) electrons. The Kier molecular flexibility index (Phi) is 7.21. The zero-order valence-corrected chi connectivity index (χ0v) is 21.7. The van der Waals surface area contributed by atoms with E-state index >= 15 is 0 Å². The van der Waals surface area contributed by atoms with E-state index in [0.29, 0.717) is 63.6 Å². The van der Waals surface area contributed by atoms with E-state index in [1.54, 1.807) is 6.07 Å². The number of likely N-dealkylation sites (tertiary alicyclic amines) is 1.